The minimum Gasteiger partial charge on any atom is -0.535 e. The molecule has 3 rings (SSSR count). The summed E-state index contributed by atoms with van der Waals surface area (Å²) in [7, 11) is 2.35. The fourth-order valence-electron chi connectivity index (χ4n) is 4.03. The molecular formula is C21H30BN3O7. The van der Waals surface area contributed by atoms with E-state index in [0.717, 1.165) is 6.26 Å². The molecule has 0 aromatic rings. The molecule has 174 valence electrons. The number of allylic oxidation sites excluding steroid dienone is 2. The number of likely N-dealkylation sites (N-methyl/N-ethyl adjacent to an activating group) is 1. The summed E-state index contributed by atoms with van der Waals surface area (Å²) in [5.41, 5.74) is 0.395. The van der Waals surface area contributed by atoms with Gasteiger partial charge in [0.1, 0.15) is 23.7 Å². The molecule has 0 saturated carbocycles. The van der Waals surface area contributed by atoms with Crippen LogP contribution >= 0.6 is 0 Å². The fraction of sp³-hybridized carbons (Fsp3) is 0.571. The molecule has 10 nitrogen and oxygen atoms in total. The van der Waals surface area contributed by atoms with Crippen molar-refractivity contribution in [2.75, 3.05) is 33.7 Å². The van der Waals surface area contributed by atoms with Crippen LogP contribution in [0.15, 0.2) is 35.8 Å². The Morgan fingerprint density at radius 1 is 1.38 bits per heavy atom. The van der Waals surface area contributed by atoms with Gasteiger partial charge in [0.15, 0.2) is 0 Å². The lowest BCUT2D eigenvalue weighted by Crippen LogP contribution is -2.54. The molecule has 0 spiro atoms. The Morgan fingerprint density at radius 3 is 2.72 bits per heavy atom. The smallest absolute Gasteiger partial charge is 0.522 e. The first-order valence-electron chi connectivity index (χ1n) is 10.7. The Morgan fingerprint density at radius 2 is 2.09 bits per heavy atom. The van der Waals surface area contributed by atoms with Crippen LogP contribution in [-0.2, 0) is 23.8 Å². The number of rotatable bonds is 8. The molecule has 2 amide bonds. The Balaban J connectivity index is 1.50. The van der Waals surface area contributed by atoms with Gasteiger partial charge in [0.05, 0.1) is 19.1 Å². The molecule has 2 fully saturated rings. The van der Waals surface area contributed by atoms with E-state index < -0.39 is 13.1 Å². The zero-order valence-electron chi connectivity index (χ0n) is 18.5. The second-order valence-corrected chi connectivity index (χ2v) is 8.56. The number of aliphatic carboxylic acids is 1. The SMILES string of the molecule is C=CC1=C(/C(=C/OC2CN(C(=O)C[C@@H]3CN[C@H](C(=O)N(C)C)C3)C2)C(=O)O)OB(O)CC1. The molecule has 0 aliphatic carbocycles. The lowest BCUT2D eigenvalue weighted by Gasteiger charge is -2.39. The molecule has 2 saturated heterocycles. The Labute approximate surface area is 187 Å². The third kappa shape index (κ3) is 5.52. The van der Waals surface area contributed by atoms with Crippen LogP contribution in [0.25, 0.3) is 0 Å². The lowest BCUT2D eigenvalue weighted by atomic mass is 9.78. The van der Waals surface area contributed by atoms with Gasteiger partial charge in [-0.25, -0.2) is 4.79 Å². The molecule has 11 heteroatoms. The van der Waals surface area contributed by atoms with E-state index in [0.29, 0.717) is 50.8 Å². The largest absolute Gasteiger partial charge is 0.535 e. The van der Waals surface area contributed by atoms with Crippen molar-refractivity contribution in [2.24, 2.45) is 5.92 Å². The molecule has 3 N–H and O–H groups in total. The summed E-state index contributed by atoms with van der Waals surface area (Å²) in [6.07, 6.45) is 4.11. The third-order valence-corrected chi connectivity index (χ3v) is 5.93. The van der Waals surface area contributed by atoms with Crippen LogP contribution in [0.4, 0.5) is 0 Å². The van der Waals surface area contributed by atoms with Crippen LogP contribution in [0.1, 0.15) is 19.3 Å². The summed E-state index contributed by atoms with van der Waals surface area (Å²) in [4.78, 5) is 39.5. The van der Waals surface area contributed by atoms with Gasteiger partial charge in [0, 0.05) is 20.5 Å². The Bertz CT molecular complexity index is 835. The van der Waals surface area contributed by atoms with E-state index in [1.165, 1.54) is 6.08 Å². The molecule has 0 bridgehead atoms. The maximum absolute atomic E-state index is 12.5. The molecule has 0 unspecified atom stereocenters. The van der Waals surface area contributed by atoms with Crippen molar-refractivity contribution in [3.63, 3.8) is 0 Å². The molecule has 0 radical (unpaired) electrons. The monoisotopic (exact) mass is 447 g/mol. The highest BCUT2D eigenvalue weighted by Crippen LogP contribution is 2.29. The van der Waals surface area contributed by atoms with Crippen molar-refractivity contribution >= 4 is 24.9 Å². The molecule has 3 aliphatic heterocycles. The first kappa shape index (κ1) is 23.9. The summed E-state index contributed by atoms with van der Waals surface area (Å²) in [5, 5.41) is 22.4. The van der Waals surface area contributed by atoms with Crippen molar-refractivity contribution in [2.45, 2.75) is 37.7 Å². The molecule has 2 atom stereocenters. The van der Waals surface area contributed by atoms with Gasteiger partial charge in [-0.05, 0) is 37.2 Å². The average Bonchev–Trinajstić information content (AvgIpc) is 3.16. The van der Waals surface area contributed by atoms with Gasteiger partial charge >= 0.3 is 13.1 Å². The normalized spacial score (nSPS) is 24.0. The highest BCUT2D eigenvalue weighted by molar-refractivity contribution is 6.43. The number of carbonyl (C=O) groups is 3. The van der Waals surface area contributed by atoms with Crippen LogP contribution in [-0.4, -0.2) is 90.7 Å². The van der Waals surface area contributed by atoms with E-state index >= 15 is 0 Å². The van der Waals surface area contributed by atoms with Crippen molar-refractivity contribution < 1.29 is 33.9 Å². The Hall–Kier alpha value is -2.79. The van der Waals surface area contributed by atoms with Crippen LogP contribution < -0.4 is 5.32 Å². The zero-order chi connectivity index (χ0) is 23.4. The standard InChI is InChI=1S/C21H30BN3O7/c1-4-14-5-6-22(30)32-19(14)16(21(28)29)12-31-15-10-25(11-15)18(26)8-13-7-17(23-9-13)20(27)24(2)3/h4,12-13,15,17,23,30H,1,5-11H2,2-3H3,(H,28,29)/b16-12-/t13-,17+/m1/s1. The van der Waals surface area contributed by atoms with E-state index in [1.807, 2.05) is 0 Å². The quantitative estimate of drug-likeness (QED) is 0.269. The number of carboxylic acid groups (broad SMARTS) is 1. The predicted octanol–water partition coefficient (Wildman–Crippen LogP) is -0.0204. The van der Waals surface area contributed by atoms with Gasteiger partial charge in [-0.15, -0.1) is 0 Å². The molecular weight excluding hydrogens is 417 g/mol. The minimum absolute atomic E-state index is 0.00701. The number of nitrogens with zero attached hydrogens (tertiary/aromatic N) is 2. The number of hydrogen-bond donors (Lipinski definition) is 3. The first-order chi connectivity index (χ1) is 15.2. The molecule has 0 aromatic heterocycles. The van der Waals surface area contributed by atoms with E-state index in [9.17, 15) is 24.5 Å². The lowest BCUT2D eigenvalue weighted by molar-refractivity contribution is -0.143. The van der Waals surface area contributed by atoms with Crippen LogP contribution in [0.5, 0.6) is 0 Å². The highest BCUT2D eigenvalue weighted by atomic mass is 16.5. The summed E-state index contributed by atoms with van der Waals surface area (Å²) < 4.78 is 10.9. The molecule has 32 heavy (non-hydrogen) atoms. The maximum atomic E-state index is 12.5. The molecule has 3 heterocycles. The van der Waals surface area contributed by atoms with E-state index in [-0.39, 0.29) is 41.2 Å². The second kappa shape index (κ2) is 10.2. The van der Waals surface area contributed by atoms with Crippen molar-refractivity contribution in [1.29, 1.82) is 0 Å². The van der Waals surface area contributed by atoms with Gasteiger partial charge in [-0.1, -0.05) is 12.7 Å². The minimum atomic E-state index is -1.24. The van der Waals surface area contributed by atoms with Gasteiger partial charge in [0.2, 0.25) is 11.8 Å². The van der Waals surface area contributed by atoms with Crippen LogP contribution in [0, 0.1) is 5.92 Å². The van der Waals surface area contributed by atoms with E-state index in [2.05, 4.69) is 11.9 Å². The fourth-order valence-corrected chi connectivity index (χ4v) is 4.03. The Kier molecular flexibility index (Phi) is 7.62. The van der Waals surface area contributed by atoms with Gasteiger partial charge in [-0.3, -0.25) is 9.59 Å². The third-order valence-electron chi connectivity index (χ3n) is 5.93. The first-order valence-corrected chi connectivity index (χ1v) is 10.7. The number of carbonyl (C=O) groups excluding carboxylic acids is 2. The van der Waals surface area contributed by atoms with Gasteiger partial charge in [-0.2, -0.15) is 0 Å². The topological polar surface area (TPSA) is 129 Å². The zero-order valence-corrected chi connectivity index (χ0v) is 18.5. The summed E-state index contributed by atoms with van der Waals surface area (Å²) in [6.45, 7) is 5.01. The number of carboxylic acids is 1. The summed E-state index contributed by atoms with van der Waals surface area (Å²) in [6, 6.07) is -0.245. The number of likely N-dealkylation sites (tertiary alicyclic amines) is 1. The molecule has 0 aromatic carbocycles. The van der Waals surface area contributed by atoms with Gasteiger partial charge in [0.25, 0.3) is 0 Å². The predicted molar refractivity (Wildman–Crippen MR) is 116 cm³/mol. The van der Waals surface area contributed by atoms with Crippen LogP contribution in [0.3, 0.4) is 0 Å². The van der Waals surface area contributed by atoms with E-state index in [4.69, 9.17) is 9.39 Å². The number of ether oxygens (including phenoxy) is 1. The van der Waals surface area contributed by atoms with Crippen molar-refractivity contribution in [1.82, 2.24) is 15.1 Å². The van der Waals surface area contributed by atoms with Crippen LogP contribution in [0.2, 0.25) is 6.32 Å². The van der Waals surface area contributed by atoms with Crippen molar-refractivity contribution in [3.05, 3.63) is 35.8 Å². The van der Waals surface area contributed by atoms with Crippen molar-refractivity contribution in [3.8, 4) is 0 Å². The second-order valence-electron chi connectivity index (χ2n) is 8.56. The molecule has 3 aliphatic rings. The number of hydrogen-bond acceptors (Lipinski definition) is 7. The van der Waals surface area contributed by atoms with E-state index in [1.54, 1.807) is 23.9 Å². The number of amides is 2. The van der Waals surface area contributed by atoms with Gasteiger partial charge < -0.3 is 34.6 Å². The summed E-state index contributed by atoms with van der Waals surface area (Å²) in [5.74, 6) is -1.07. The number of nitrogens with one attached hydrogen (secondary N) is 1. The summed E-state index contributed by atoms with van der Waals surface area (Å²) >= 11 is 0. The maximum Gasteiger partial charge on any atom is 0.522 e. The highest BCUT2D eigenvalue weighted by Gasteiger charge is 2.36. The average molecular weight is 447 g/mol.